The van der Waals surface area contributed by atoms with Crippen LogP contribution in [0.3, 0.4) is 0 Å². The standard InChI is InChI=1S/C15H11ClF3NO/c1-2-9-5-3-4-6-10(9)13(21)11-7-8-12(15(17,18)19)20-14(11)16/h3-8H,2H2,1H3. The van der Waals surface area contributed by atoms with Crippen molar-refractivity contribution in [1.29, 1.82) is 0 Å². The van der Waals surface area contributed by atoms with Crippen LogP contribution in [-0.4, -0.2) is 10.8 Å². The van der Waals surface area contributed by atoms with Crippen LogP contribution in [0.15, 0.2) is 36.4 Å². The average Bonchev–Trinajstić information content (AvgIpc) is 2.45. The van der Waals surface area contributed by atoms with Gasteiger partial charge in [-0.3, -0.25) is 4.79 Å². The first-order valence-corrected chi connectivity index (χ1v) is 6.58. The molecule has 2 rings (SSSR count). The van der Waals surface area contributed by atoms with Gasteiger partial charge in [0.1, 0.15) is 10.8 Å². The molecule has 1 aromatic carbocycles. The molecule has 6 heteroatoms. The summed E-state index contributed by atoms with van der Waals surface area (Å²) in [6.45, 7) is 1.89. The number of benzene rings is 1. The van der Waals surface area contributed by atoms with Gasteiger partial charge in [0, 0.05) is 5.56 Å². The van der Waals surface area contributed by atoms with Crippen molar-refractivity contribution in [3.63, 3.8) is 0 Å². The molecule has 110 valence electrons. The monoisotopic (exact) mass is 313 g/mol. The fourth-order valence-corrected chi connectivity index (χ4v) is 2.20. The zero-order valence-corrected chi connectivity index (χ0v) is 11.8. The van der Waals surface area contributed by atoms with Crippen molar-refractivity contribution in [3.05, 3.63) is 63.9 Å². The van der Waals surface area contributed by atoms with Gasteiger partial charge in [-0.2, -0.15) is 13.2 Å². The molecule has 0 bridgehead atoms. The highest BCUT2D eigenvalue weighted by molar-refractivity contribution is 6.33. The maximum atomic E-state index is 12.5. The number of pyridine rings is 1. The Morgan fingerprint density at radius 3 is 2.38 bits per heavy atom. The van der Waals surface area contributed by atoms with Crippen molar-refractivity contribution in [2.24, 2.45) is 0 Å². The van der Waals surface area contributed by atoms with Crippen LogP contribution in [0.5, 0.6) is 0 Å². The minimum absolute atomic E-state index is 0.0365. The summed E-state index contributed by atoms with van der Waals surface area (Å²) in [5.41, 5.74) is 0.0697. The van der Waals surface area contributed by atoms with Gasteiger partial charge in [-0.15, -0.1) is 0 Å². The SMILES string of the molecule is CCc1ccccc1C(=O)c1ccc(C(F)(F)F)nc1Cl. The molecule has 0 radical (unpaired) electrons. The van der Waals surface area contributed by atoms with E-state index in [1.54, 1.807) is 24.3 Å². The van der Waals surface area contributed by atoms with E-state index in [4.69, 9.17) is 11.6 Å². The Balaban J connectivity index is 2.45. The van der Waals surface area contributed by atoms with E-state index in [9.17, 15) is 18.0 Å². The van der Waals surface area contributed by atoms with Gasteiger partial charge in [0.15, 0.2) is 5.78 Å². The number of nitrogens with zero attached hydrogens (tertiary/aromatic N) is 1. The number of carbonyl (C=O) groups excluding carboxylic acids is 1. The molecule has 0 saturated carbocycles. The van der Waals surface area contributed by atoms with Crippen LogP contribution < -0.4 is 0 Å². The number of rotatable bonds is 3. The maximum Gasteiger partial charge on any atom is 0.433 e. The Morgan fingerprint density at radius 2 is 1.81 bits per heavy atom. The lowest BCUT2D eigenvalue weighted by Gasteiger charge is -2.10. The van der Waals surface area contributed by atoms with Gasteiger partial charge in [0.2, 0.25) is 0 Å². The van der Waals surface area contributed by atoms with Crippen molar-refractivity contribution in [2.45, 2.75) is 19.5 Å². The van der Waals surface area contributed by atoms with E-state index in [1.807, 2.05) is 6.92 Å². The summed E-state index contributed by atoms with van der Waals surface area (Å²) >= 11 is 5.74. The van der Waals surface area contributed by atoms with E-state index in [1.165, 1.54) is 0 Å². The van der Waals surface area contributed by atoms with Gasteiger partial charge < -0.3 is 0 Å². The van der Waals surface area contributed by atoms with Gasteiger partial charge in [0.05, 0.1) is 5.56 Å². The number of hydrogen-bond donors (Lipinski definition) is 0. The molecule has 1 aromatic heterocycles. The molecule has 0 atom stereocenters. The Morgan fingerprint density at radius 1 is 1.14 bits per heavy atom. The third-order valence-corrected chi connectivity index (χ3v) is 3.31. The minimum Gasteiger partial charge on any atom is -0.288 e. The highest BCUT2D eigenvalue weighted by atomic mass is 35.5. The van der Waals surface area contributed by atoms with E-state index in [-0.39, 0.29) is 5.56 Å². The van der Waals surface area contributed by atoms with Crippen LogP contribution >= 0.6 is 11.6 Å². The van der Waals surface area contributed by atoms with Gasteiger partial charge in [-0.25, -0.2) is 4.98 Å². The normalized spacial score (nSPS) is 11.5. The van der Waals surface area contributed by atoms with Crippen molar-refractivity contribution in [3.8, 4) is 0 Å². The highest BCUT2D eigenvalue weighted by Gasteiger charge is 2.33. The smallest absolute Gasteiger partial charge is 0.288 e. The van der Waals surface area contributed by atoms with Gasteiger partial charge in [-0.05, 0) is 24.1 Å². The quantitative estimate of drug-likeness (QED) is 0.615. The molecule has 1 heterocycles. The largest absolute Gasteiger partial charge is 0.433 e. The molecule has 0 saturated heterocycles. The van der Waals surface area contributed by atoms with E-state index in [0.717, 1.165) is 17.7 Å². The summed E-state index contributed by atoms with van der Waals surface area (Å²) in [5.74, 6) is -0.432. The van der Waals surface area contributed by atoms with Crippen LogP contribution in [-0.2, 0) is 12.6 Å². The minimum atomic E-state index is -4.59. The summed E-state index contributed by atoms with van der Waals surface area (Å²) in [5, 5.41) is -0.444. The molecule has 0 aliphatic heterocycles. The molecule has 0 fully saturated rings. The molecule has 0 amide bonds. The molecule has 2 aromatic rings. The number of halogens is 4. The zero-order valence-electron chi connectivity index (χ0n) is 11.0. The number of ketones is 1. The molecule has 2 nitrogen and oxygen atoms in total. The van der Waals surface area contributed by atoms with E-state index in [2.05, 4.69) is 4.98 Å². The fraction of sp³-hybridized carbons (Fsp3) is 0.200. The lowest BCUT2D eigenvalue weighted by molar-refractivity contribution is -0.141. The second-order valence-electron chi connectivity index (χ2n) is 4.37. The third kappa shape index (κ3) is 3.24. The van der Waals surface area contributed by atoms with Crippen molar-refractivity contribution < 1.29 is 18.0 Å². The Bertz CT molecular complexity index is 683. The Labute approximate surface area is 124 Å². The summed E-state index contributed by atoms with van der Waals surface area (Å²) in [7, 11) is 0. The zero-order chi connectivity index (χ0) is 15.6. The number of carbonyl (C=O) groups is 1. The number of alkyl halides is 3. The Kier molecular flexibility index (Phi) is 4.32. The predicted molar refractivity (Wildman–Crippen MR) is 73.5 cm³/mol. The van der Waals surface area contributed by atoms with Gasteiger partial charge in [-0.1, -0.05) is 42.8 Å². The molecule has 0 unspecified atom stereocenters. The second-order valence-corrected chi connectivity index (χ2v) is 4.73. The van der Waals surface area contributed by atoms with Crippen LogP contribution in [0.25, 0.3) is 0 Å². The lowest BCUT2D eigenvalue weighted by Crippen LogP contribution is -2.11. The first-order chi connectivity index (χ1) is 9.84. The topological polar surface area (TPSA) is 30.0 Å². The Hall–Kier alpha value is -1.88. The number of aromatic nitrogens is 1. The molecule has 0 aliphatic rings. The lowest BCUT2D eigenvalue weighted by atomic mass is 9.98. The summed E-state index contributed by atoms with van der Waals surface area (Å²) in [4.78, 5) is 15.7. The van der Waals surface area contributed by atoms with Crippen molar-refractivity contribution in [2.75, 3.05) is 0 Å². The molecule has 0 aliphatic carbocycles. The van der Waals surface area contributed by atoms with Gasteiger partial charge >= 0.3 is 6.18 Å². The predicted octanol–water partition coefficient (Wildman–Crippen LogP) is 4.55. The van der Waals surface area contributed by atoms with Gasteiger partial charge in [0.25, 0.3) is 0 Å². The van der Waals surface area contributed by atoms with Crippen molar-refractivity contribution >= 4 is 17.4 Å². The van der Waals surface area contributed by atoms with Crippen LogP contribution in [0, 0.1) is 0 Å². The van der Waals surface area contributed by atoms with Crippen LogP contribution in [0.1, 0.15) is 34.1 Å². The van der Waals surface area contributed by atoms with E-state index in [0.29, 0.717) is 12.0 Å². The summed E-state index contributed by atoms with van der Waals surface area (Å²) in [6.07, 6.45) is -3.96. The molecule has 0 spiro atoms. The van der Waals surface area contributed by atoms with E-state index < -0.39 is 22.8 Å². The molecule has 21 heavy (non-hydrogen) atoms. The number of hydrogen-bond acceptors (Lipinski definition) is 2. The molecular weight excluding hydrogens is 303 g/mol. The second kappa shape index (κ2) is 5.85. The van der Waals surface area contributed by atoms with E-state index >= 15 is 0 Å². The first kappa shape index (κ1) is 15.5. The maximum absolute atomic E-state index is 12.5. The fourth-order valence-electron chi connectivity index (χ4n) is 1.96. The summed E-state index contributed by atoms with van der Waals surface area (Å²) < 4.78 is 37.6. The first-order valence-electron chi connectivity index (χ1n) is 6.21. The number of aryl methyl sites for hydroxylation is 1. The third-order valence-electron chi connectivity index (χ3n) is 3.03. The van der Waals surface area contributed by atoms with Crippen LogP contribution in [0.4, 0.5) is 13.2 Å². The van der Waals surface area contributed by atoms with Crippen molar-refractivity contribution in [1.82, 2.24) is 4.98 Å². The molecule has 0 N–H and O–H groups in total. The highest BCUT2D eigenvalue weighted by Crippen LogP contribution is 2.30. The average molecular weight is 314 g/mol. The van der Waals surface area contributed by atoms with Crippen LogP contribution in [0.2, 0.25) is 5.15 Å². The molecular formula is C15H11ClF3NO. The summed E-state index contributed by atoms with van der Waals surface area (Å²) in [6, 6.07) is 8.72.